The molecule has 0 saturated carbocycles. The molecule has 1 aliphatic heterocycles. The van der Waals surface area contributed by atoms with Crippen LogP contribution in [0.3, 0.4) is 0 Å². The number of rotatable bonds is 6. The molecule has 1 aliphatic rings. The number of hydrogen-bond donors (Lipinski definition) is 2. The maximum absolute atomic E-state index is 5.27. The van der Waals surface area contributed by atoms with Crippen LogP contribution in [0.5, 0.6) is 5.75 Å². The van der Waals surface area contributed by atoms with Crippen LogP contribution in [0.1, 0.15) is 31.4 Å². The van der Waals surface area contributed by atoms with Crippen molar-refractivity contribution in [3.63, 3.8) is 0 Å². The molecular formula is C16H25N3OS. The summed E-state index contributed by atoms with van der Waals surface area (Å²) in [6.45, 7) is 6.05. The van der Waals surface area contributed by atoms with Crippen LogP contribution >= 0.6 is 12.2 Å². The number of benzene rings is 1. The first-order valence-corrected chi connectivity index (χ1v) is 8.05. The highest BCUT2D eigenvalue weighted by atomic mass is 32.1. The van der Waals surface area contributed by atoms with E-state index in [1.165, 1.54) is 18.4 Å². The van der Waals surface area contributed by atoms with Gasteiger partial charge in [-0.25, -0.2) is 0 Å². The van der Waals surface area contributed by atoms with Gasteiger partial charge in [0.15, 0.2) is 5.11 Å². The predicted molar refractivity (Wildman–Crippen MR) is 90.8 cm³/mol. The number of nitrogens with one attached hydrogen (secondary N) is 2. The van der Waals surface area contributed by atoms with Crippen molar-refractivity contribution in [1.82, 2.24) is 15.5 Å². The van der Waals surface area contributed by atoms with E-state index in [1.807, 2.05) is 12.1 Å². The van der Waals surface area contributed by atoms with Gasteiger partial charge in [0, 0.05) is 13.1 Å². The van der Waals surface area contributed by atoms with Gasteiger partial charge < -0.3 is 15.4 Å². The van der Waals surface area contributed by atoms with E-state index in [2.05, 4.69) is 34.6 Å². The molecule has 1 aromatic carbocycles. The molecule has 1 fully saturated rings. The highest BCUT2D eigenvalue weighted by molar-refractivity contribution is 7.80. The molecule has 4 nitrogen and oxygen atoms in total. The fourth-order valence-corrected chi connectivity index (χ4v) is 2.98. The van der Waals surface area contributed by atoms with Gasteiger partial charge in [-0.05, 0) is 62.8 Å². The molecule has 2 N–H and O–H groups in total. The van der Waals surface area contributed by atoms with E-state index < -0.39 is 0 Å². The Morgan fingerprint density at radius 2 is 1.90 bits per heavy atom. The lowest BCUT2D eigenvalue weighted by Crippen LogP contribution is -2.41. The van der Waals surface area contributed by atoms with Crippen LogP contribution in [-0.4, -0.2) is 43.3 Å². The van der Waals surface area contributed by atoms with Gasteiger partial charge in [-0.1, -0.05) is 12.1 Å². The Morgan fingerprint density at radius 3 is 2.48 bits per heavy atom. The molecule has 116 valence electrons. The molecule has 21 heavy (non-hydrogen) atoms. The Morgan fingerprint density at radius 1 is 1.24 bits per heavy atom. The van der Waals surface area contributed by atoms with Gasteiger partial charge in [-0.15, -0.1) is 0 Å². The lowest BCUT2D eigenvalue weighted by Gasteiger charge is -2.28. The van der Waals surface area contributed by atoms with E-state index in [1.54, 1.807) is 7.11 Å². The smallest absolute Gasteiger partial charge is 0.166 e. The summed E-state index contributed by atoms with van der Waals surface area (Å²) in [6, 6.07) is 8.72. The largest absolute Gasteiger partial charge is 0.497 e. The Hall–Kier alpha value is -1.33. The van der Waals surface area contributed by atoms with Crippen molar-refractivity contribution in [2.75, 3.05) is 33.3 Å². The number of hydrogen-bond acceptors (Lipinski definition) is 3. The Labute approximate surface area is 132 Å². The fourth-order valence-electron chi connectivity index (χ4n) is 2.75. The van der Waals surface area contributed by atoms with Crippen molar-refractivity contribution in [3.05, 3.63) is 29.8 Å². The zero-order chi connectivity index (χ0) is 15.1. The number of nitrogens with zero attached hydrogens (tertiary/aromatic N) is 1. The molecule has 1 unspecified atom stereocenters. The van der Waals surface area contributed by atoms with Crippen LogP contribution in [-0.2, 0) is 0 Å². The average Bonchev–Trinajstić information content (AvgIpc) is 3.02. The number of thiocarbonyl (C=S) groups is 1. The topological polar surface area (TPSA) is 36.5 Å². The van der Waals surface area contributed by atoms with Crippen LogP contribution in [0.25, 0.3) is 0 Å². The first-order valence-electron chi connectivity index (χ1n) is 7.64. The molecular weight excluding hydrogens is 282 g/mol. The predicted octanol–water partition coefficient (Wildman–Crippen LogP) is 2.32. The Balaban J connectivity index is 2.05. The van der Waals surface area contributed by atoms with Gasteiger partial charge >= 0.3 is 0 Å². The Kier molecular flexibility index (Phi) is 6.26. The summed E-state index contributed by atoms with van der Waals surface area (Å²) in [5, 5.41) is 7.21. The van der Waals surface area contributed by atoms with Gasteiger partial charge in [-0.3, -0.25) is 4.90 Å². The zero-order valence-electron chi connectivity index (χ0n) is 12.9. The van der Waals surface area contributed by atoms with Crippen LogP contribution < -0.4 is 15.4 Å². The van der Waals surface area contributed by atoms with E-state index >= 15 is 0 Å². The lowest BCUT2D eigenvalue weighted by atomic mass is 10.1. The zero-order valence-corrected chi connectivity index (χ0v) is 13.7. The maximum atomic E-state index is 5.27. The van der Waals surface area contributed by atoms with Crippen LogP contribution in [0.2, 0.25) is 0 Å². The van der Waals surface area contributed by atoms with Crippen molar-refractivity contribution < 1.29 is 4.74 Å². The summed E-state index contributed by atoms with van der Waals surface area (Å²) < 4.78 is 5.24. The van der Waals surface area contributed by atoms with Crippen LogP contribution in [0.15, 0.2) is 24.3 Å². The van der Waals surface area contributed by atoms with Gasteiger partial charge in [-0.2, -0.15) is 0 Å². The minimum atomic E-state index is 0.356. The third-order valence-corrected chi connectivity index (χ3v) is 4.16. The molecule has 1 aromatic rings. The fraction of sp³-hybridized carbons (Fsp3) is 0.562. The van der Waals surface area contributed by atoms with Crippen molar-refractivity contribution in [2.45, 2.75) is 25.8 Å². The van der Waals surface area contributed by atoms with E-state index in [0.717, 1.165) is 37.0 Å². The third kappa shape index (κ3) is 4.58. The van der Waals surface area contributed by atoms with Gasteiger partial charge in [0.2, 0.25) is 0 Å². The highest BCUT2D eigenvalue weighted by Gasteiger charge is 2.23. The molecule has 0 amide bonds. The van der Waals surface area contributed by atoms with E-state index in [0.29, 0.717) is 6.04 Å². The first kappa shape index (κ1) is 16.0. The minimum Gasteiger partial charge on any atom is -0.497 e. The average molecular weight is 307 g/mol. The standard InChI is InChI=1S/C16H25N3OS/c1-3-17-16(21)18-12-15(19-10-4-5-11-19)13-6-8-14(20-2)9-7-13/h6-9,15H,3-5,10-12H2,1-2H3,(H2,17,18,21). The number of ether oxygens (including phenoxy) is 1. The molecule has 0 bridgehead atoms. The molecule has 1 saturated heterocycles. The summed E-state index contributed by atoms with van der Waals surface area (Å²) in [6.07, 6.45) is 2.56. The van der Waals surface area contributed by atoms with Crippen LogP contribution in [0, 0.1) is 0 Å². The van der Waals surface area contributed by atoms with Crippen LogP contribution in [0.4, 0.5) is 0 Å². The van der Waals surface area contributed by atoms with Crippen molar-refractivity contribution in [3.8, 4) is 5.75 Å². The molecule has 1 atom stereocenters. The summed E-state index contributed by atoms with van der Waals surface area (Å²) >= 11 is 5.27. The summed E-state index contributed by atoms with van der Waals surface area (Å²) in [7, 11) is 1.70. The Bertz CT molecular complexity index is 443. The summed E-state index contributed by atoms with van der Waals surface area (Å²) in [5.41, 5.74) is 1.31. The number of likely N-dealkylation sites (tertiary alicyclic amines) is 1. The normalized spacial score (nSPS) is 16.5. The maximum Gasteiger partial charge on any atom is 0.166 e. The highest BCUT2D eigenvalue weighted by Crippen LogP contribution is 2.26. The van der Waals surface area contributed by atoms with E-state index in [9.17, 15) is 0 Å². The first-order chi connectivity index (χ1) is 10.2. The molecule has 5 heteroatoms. The second-order valence-electron chi connectivity index (χ2n) is 5.27. The molecule has 0 radical (unpaired) electrons. The van der Waals surface area contributed by atoms with Crippen molar-refractivity contribution >= 4 is 17.3 Å². The second-order valence-corrected chi connectivity index (χ2v) is 5.68. The molecule has 2 rings (SSSR count). The van der Waals surface area contributed by atoms with Gasteiger partial charge in [0.05, 0.1) is 13.2 Å². The second kappa shape index (κ2) is 8.20. The molecule has 0 aliphatic carbocycles. The SMILES string of the molecule is CCNC(=S)NCC(c1ccc(OC)cc1)N1CCCC1. The number of methoxy groups -OCH3 is 1. The summed E-state index contributed by atoms with van der Waals surface area (Å²) in [5.74, 6) is 0.898. The quantitative estimate of drug-likeness (QED) is 0.789. The minimum absolute atomic E-state index is 0.356. The lowest BCUT2D eigenvalue weighted by molar-refractivity contribution is 0.245. The van der Waals surface area contributed by atoms with Crippen molar-refractivity contribution in [2.24, 2.45) is 0 Å². The third-order valence-electron chi connectivity index (χ3n) is 3.88. The monoisotopic (exact) mass is 307 g/mol. The van der Waals surface area contributed by atoms with Crippen molar-refractivity contribution in [1.29, 1.82) is 0 Å². The molecule has 0 spiro atoms. The van der Waals surface area contributed by atoms with E-state index in [4.69, 9.17) is 17.0 Å². The van der Waals surface area contributed by atoms with Gasteiger partial charge in [0.1, 0.15) is 5.75 Å². The molecule has 1 heterocycles. The summed E-state index contributed by atoms with van der Waals surface area (Å²) in [4.78, 5) is 2.53. The molecule has 0 aromatic heterocycles. The van der Waals surface area contributed by atoms with Gasteiger partial charge in [0.25, 0.3) is 0 Å². The van der Waals surface area contributed by atoms with E-state index in [-0.39, 0.29) is 0 Å².